The first-order valence-corrected chi connectivity index (χ1v) is 5.52. The van der Waals surface area contributed by atoms with Crippen LogP contribution >= 0.6 is 11.6 Å². The zero-order valence-electron chi connectivity index (χ0n) is 9.82. The van der Waals surface area contributed by atoms with Gasteiger partial charge in [-0.1, -0.05) is 11.6 Å². The maximum Gasteiger partial charge on any atom is 0.418 e. The quantitative estimate of drug-likeness (QED) is 0.590. The third-order valence-corrected chi connectivity index (χ3v) is 2.54. The Labute approximate surface area is 114 Å². The Bertz CT molecular complexity index is 521. The highest BCUT2D eigenvalue weighted by molar-refractivity contribution is 6.32. The molecular formula is C11H7ClF6O2. The molecule has 9 heteroatoms. The minimum atomic E-state index is -5.22. The molecule has 0 atom stereocenters. The summed E-state index contributed by atoms with van der Waals surface area (Å²) in [7, 11) is 0. The molecule has 0 N–H and O–H groups in total. The topological polar surface area (TPSA) is 26.3 Å². The monoisotopic (exact) mass is 320 g/mol. The molecule has 2 nitrogen and oxygen atoms in total. The van der Waals surface area contributed by atoms with Crippen LogP contribution in [0.1, 0.15) is 28.4 Å². The van der Waals surface area contributed by atoms with Gasteiger partial charge in [0.05, 0.1) is 28.3 Å². The lowest BCUT2D eigenvalue weighted by molar-refractivity contribution is -0.144. The first-order valence-electron chi connectivity index (χ1n) is 5.14. The van der Waals surface area contributed by atoms with Crippen LogP contribution in [-0.4, -0.2) is 12.6 Å². The Morgan fingerprint density at radius 3 is 2.10 bits per heavy atom. The van der Waals surface area contributed by atoms with Gasteiger partial charge in [0.2, 0.25) is 0 Å². The third-order valence-electron chi connectivity index (χ3n) is 2.22. The van der Waals surface area contributed by atoms with Gasteiger partial charge in [-0.05, 0) is 19.1 Å². The van der Waals surface area contributed by atoms with Gasteiger partial charge in [0.15, 0.2) is 0 Å². The zero-order chi connectivity index (χ0) is 15.7. The van der Waals surface area contributed by atoms with Gasteiger partial charge in [-0.3, -0.25) is 0 Å². The van der Waals surface area contributed by atoms with Crippen molar-refractivity contribution in [2.45, 2.75) is 19.3 Å². The third kappa shape index (κ3) is 3.36. The molecule has 0 fully saturated rings. The smallest absolute Gasteiger partial charge is 0.418 e. The first kappa shape index (κ1) is 16.6. The summed E-state index contributed by atoms with van der Waals surface area (Å²) in [4.78, 5) is 11.5. The number of ether oxygens (including phenoxy) is 1. The van der Waals surface area contributed by atoms with E-state index in [1.807, 2.05) is 0 Å². The number of hydrogen-bond acceptors (Lipinski definition) is 2. The predicted molar refractivity (Wildman–Crippen MR) is 57.4 cm³/mol. The number of carbonyl (C=O) groups is 1. The fourth-order valence-electron chi connectivity index (χ4n) is 1.51. The first-order chi connectivity index (χ1) is 9.00. The molecule has 1 aromatic rings. The Morgan fingerprint density at radius 1 is 1.15 bits per heavy atom. The standard InChI is InChI=1S/C11H7ClF6O2/c1-2-20-9(19)7-5(10(13,14)15)3-4-6(12)8(7)11(16,17)18/h3-4H,2H2,1H3. The van der Waals surface area contributed by atoms with Crippen molar-refractivity contribution in [1.29, 1.82) is 0 Å². The van der Waals surface area contributed by atoms with Crippen molar-refractivity contribution in [3.8, 4) is 0 Å². The molecule has 0 bridgehead atoms. The second-order valence-electron chi connectivity index (χ2n) is 3.56. The van der Waals surface area contributed by atoms with Gasteiger partial charge in [0.25, 0.3) is 0 Å². The lowest BCUT2D eigenvalue weighted by atomic mass is 10.00. The second kappa shape index (κ2) is 5.51. The summed E-state index contributed by atoms with van der Waals surface area (Å²) in [5, 5.41) is -1.01. The Balaban J connectivity index is 3.70. The SMILES string of the molecule is CCOC(=O)c1c(C(F)(F)F)ccc(Cl)c1C(F)(F)F. The highest BCUT2D eigenvalue weighted by Gasteiger charge is 2.45. The van der Waals surface area contributed by atoms with Gasteiger partial charge >= 0.3 is 18.3 Å². The molecule has 0 spiro atoms. The van der Waals surface area contributed by atoms with Crippen molar-refractivity contribution in [2.24, 2.45) is 0 Å². The van der Waals surface area contributed by atoms with Gasteiger partial charge in [0.1, 0.15) is 0 Å². The van der Waals surface area contributed by atoms with Crippen molar-refractivity contribution in [1.82, 2.24) is 0 Å². The predicted octanol–water partition coefficient (Wildman–Crippen LogP) is 4.55. The number of alkyl halides is 6. The van der Waals surface area contributed by atoms with E-state index in [9.17, 15) is 31.1 Å². The molecule has 0 saturated heterocycles. The summed E-state index contributed by atoms with van der Waals surface area (Å²) in [6.07, 6.45) is -10.4. The summed E-state index contributed by atoms with van der Waals surface area (Å²) in [5.41, 5.74) is -5.22. The molecule has 1 aromatic carbocycles. The fourth-order valence-corrected chi connectivity index (χ4v) is 1.77. The van der Waals surface area contributed by atoms with Crippen LogP contribution in [0.4, 0.5) is 26.3 Å². The zero-order valence-corrected chi connectivity index (χ0v) is 10.6. The number of halogens is 7. The summed E-state index contributed by atoms with van der Waals surface area (Å²) >= 11 is 5.29. The van der Waals surface area contributed by atoms with Crippen molar-refractivity contribution in [3.63, 3.8) is 0 Å². The van der Waals surface area contributed by atoms with E-state index in [-0.39, 0.29) is 6.61 Å². The minimum Gasteiger partial charge on any atom is -0.462 e. The molecule has 0 heterocycles. The Hall–Kier alpha value is -1.44. The number of esters is 1. The number of rotatable bonds is 2. The van der Waals surface area contributed by atoms with Crippen LogP contribution < -0.4 is 0 Å². The molecule has 0 aliphatic heterocycles. The Kier molecular flexibility index (Phi) is 4.58. The van der Waals surface area contributed by atoms with E-state index < -0.39 is 40.0 Å². The van der Waals surface area contributed by atoms with Crippen LogP contribution in [0.15, 0.2) is 12.1 Å². The van der Waals surface area contributed by atoms with Crippen LogP contribution in [-0.2, 0) is 17.1 Å². The fraction of sp³-hybridized carbons (Fsp3) is 0.364. The average molecular weight is 321 g/mol. The van der Waals surface area contributed by atoms with Crippen molar-refractivity contribution in [2.75, 3.05) is 6.61 Å². The number of hydrogen-bond donors (Lipinski definition) is 0. The molecule has 20 heavy (non-hydrogen) atoms. The molecule has 0 unspecified atom stereocenters. The molecule has 1 rings (SSSR count). The van der Waals surface area contributed by atoms with Gasteiger partial charge < -0.3 is 4.74 Å². The largest absolute Gasteiger partial charge is 0.462 e. The van der Waals surface area contributed by atoms with Crippen molar-refractivity contribution in [3.05, 3.63) is 33.8 Å². The van der Waals surface area contributed by atoms with Crippen LogP contribution in [0.3, 0.4) is 0 Å². The van der Waals surface area contributed by atoms with E-state index in [1.54, 1.807) is 0 Å². The summed E-state index contributed by atoms with van der Waals surface area (Å²) in [6.45, 7) is 0.878. The van der Waals surface area contributed by atoms with E-state index in [0.717, 1.165) is 0 Å². The molecule has 0 aliphatic carbocycles. The molecule has 0 radical (unpaired) electrons. The molecule has 0 amide bonds. The molecular weight excluding hydrogens is 314 g/mol. The van der Waals surface area contributed by atoms with E-state index in [2.05, 4.69) is 4.74 Å². The summed E-state index contributed by atoms with van der Waals surface area (Å²) in [6, 6.07) is 0.750. The molecule has 0 saturated carbocycles. The van der Waals surface area contributed by atoms with E-state index in [0.29, 0.717) is 12.1 Å². The molecule has 0 aliphatic rings. The van der Waals surface area contributed by atoms with E-state index in [1.165, 1.54) is 6.92 Å². The lowest BCUT2D eigenvalue weighted by Crippen LogP contribution is -2.22. The van der Waals surface area contributed by atoms with E-state index >= 15 is 0 Å². The Morgan fingerprint density at radius 2 is 1.70 bits per heavy atom. The van der Waals surface area contributed by atoms with Crippen LogP contribution in [0.25, 0.3) is 0 Å². The summed E-state index contributed by atoms with van der Waals surface area (Å²) < 4.78 is 80.9. The minimum absolute atomic E-state index is 0.309. The maximum atomic E-state index is 12.8. The van der Waals surface area contributed by atoms with Gasteiger partial charge in [-0.15, -0.1) is 0 Å². The van der Waals surface area contributed by atoms with Crippen molar-refractivity contribution < 1.29 is 35.9 Å². The number of benzene rings is 1. The lowest BCUT2D eigenvalue weighted by Gasteiger charge is -2.18. The maximum absolute atomic E-state index is 12.8. The highest BCUT2D eigenvalue weighted by atomic mass is 35.5. The van der Waals surface area contributed by atoms with Gasteiger partial charge in [-0.2, -0.15) is 26.3 Å². The second-order valence-corrected chi connectivity index (χ2v) is 3.97. The number of carbonyl (C=O) groups excluding carboxylic acids is 1. The normalized spacial score (nSPS) is 12.4. The van der Waals surface area contributed by atoms with Gasteiger partial charge in [0, 0.05) is 0 Å². The van der Waals surface area contributed by atoms with Gasteiger partial charge in [-0.25, -0.2) is 4.79 Å². The summed E-state index contributed by atoms with van der Waals surface area (Å²) in [5.74, 6) is -1.73. The molecule has 112 valence electrons. The highest BCUT2D eigenvalue weighted by Crippen LogP contribution is 2.43. The molecule has 0 aromatic heterocycles. The van der Waals surface area contributed by atoms with Crippen LogP contribution in [0, 0.1) is 0 Å². The van der Waals surface area contributed by atoms with Crippen LogP contribution in [0.5, 0.6) is 0 Å². The average Bonchev–Trinajstić information content (AvgIpc) is 2.25. The van der Waals surface area contributed by atoms with Crippen molar-refractivity contribution >= 4 is 17.6 Å². The van der Waals surface area contributed by atoms with E-state index in [4.69, 9.17) is 11.6 Å². The van der Waals surface area contributed by atoms with Crippen LogP contribution in [0.2, 0.25) is 5.02 Å².